The quantitative estimate of drug-likeness (QED) is 0.609. The third kappa shape index (κ3) is 1.46. The van der Waals surface area contributed by atoms with Crippen molar-refractivity contribution in [3.8, 4) is 0 Å². The lowest BCUT2D eigenvalue weighted by molar-refractivity contribution is -0.421. The summed E-state index contributed by atoms with van der Waals surface area (Å²) in [6.07, 6.45) is 0.647. The van der Waals surface area contributed by atoms with E-state index in [2.05, 4.69) is 5.32 Å². The van der Waals surface area contributed by atoms with E-state index < -0.39 is 21.2 Å². The molecule has 1 heterocycles. The Balaban J connectivity index is 2.65. The van der Waals surface area contributed by atoms with Crippen molar-refractivity contribution < 1.29 is 9.85 Å². The smallest absolute Gasteiger partial charge is 0.369 e. The van der Waals surface area contributed by atoms with E-state index in [0.717, 1.165) is 5.56 Å². The van der Waals surface area contributed by atoms with Gasteiger partial charge in [0.25, 0.3) is 0 Å². The van der Waals surface area contributed by atoms with Gasteiger partial charge in [0.05, 0.1) is 9.85 Å². The monoisotopic (exact) mass is 223 g/mol. The number of benzene rings is 1. The molecule has 0 fully saturated rings. The number of nitrogens with one attached hydrogen (secondary N) is 1. The highest BCUT2D eigenvalue weighted by Crippen LogP contribution is 2.41. The van der Waals surface area contributed by atoms with E-state index in [1.807, 2.05) is 6.92 Å². The van der Waals surface area contributed by atoms with Gasteiger partial charge < -0.3 is 5.32 Å². The van der Waals surface area contributed by atoms with Crippen LogP contribution in [0.1, 0.15) is 12.5 Å². The Morgan fingerprint density at radius 1 is 1.31 bits per heavy atom. The van der Waals surface area contributed by atoms with E-state index >= 15 is 0 Å². The van der Waals surface area contributed by atoms with Crippen LogP contribution in [0.5, 0.6) is 0 Å². The van der Waals surface area contributed by atoms with Gasteiger partial charge in [0.15, 0.2) is 0 Å². The third-order valence-corrected chi connectivity index (χ3v) is 2.54. The molecule has 0 spiro atoms. The van der Waals surface area contributed by atoms with E-state index in [1.165, 1.54) is 6.07 Å². The van der Waals surface area contributed by atoms with Gasteiger partial charge in [-0.05, 0) is 25.0 Å². The molecule has 1 aromatic rings. The molecule has 7 nitrogen and oxygen atoms in total. The van der Waals surface area contributed by atoms with Gasteiger partial charge in [0, 0.05) is 12.1 Å². The predicted octanol–water partition coefficient (Wildman–Crippen LogP) is 1.86. The van der Waals surface area contributed by atoms with Crippen LogP contribution in [-0.4, -0.2) is 15.9 Å². The average Bonchev–Trinajstić information content (AvgIpc) is 2.55. The summed E-state index contributed by atoms with van der Waals surface area (Å²) in [5.41, 5.74) is 0.133. The predicted molar refractivity (Wildman–Crippen MR) is 56.5 cm³/mol. The fourth-order valence-corrected chi connectivity index (χ4v) is 1.91. The van der Waals surface area contributed by atoms with Gasteiger partial charge in [-0.25, -0.2) is 0 Å². The molecule has 0 radical (unpaired) electrons. The summed E-state index contributed by atoms with van der Waals surface area (Å²) in [7, 11) is 0. The van der Waals surface area contributed by atoms with Crippen LogP contribution in [0.25, 0.3) is 0 Å². The number of rotatable bonds is 2. The molecule has 16 heavy (non-hydrogen) atoms. The molecule has 0 aromatic heterocycles. The van der Waals surface area contributed by atoms with E-state index in [-0.39, 0.29) is 11.7 Å². The summed E-state index contributed by atoms with van der Waals surface area (Å²) in [4.78, 5) is 20.1. The van der Waals surface area contributed by atoms with Crippen molar-refractivity contribution in [3.05, 3.63) is 37.9 Å². The zero-order chi connectivity index (χ0) is 11.9. The van der Waals surface area contributed by atoms with Crippen LogP contribution in [0.2, 0.25) is 0 Å². The first-order chi connectivity index (χ1) is 7.50. The maximum Gasteiger partial charge on any atom is 0.369 e. The second-order valence-corrected chi connectivity index (χ2v) is 3.73. The van der Waals surface area contributed by atoms with Gasteiger partial charge in [0.1, 0.15) is 5.69 Å². The Morgan fingerprint density at radius 3 is 2.56 bits per heavy atom. The Bertz CT molecular complexity index is 486. The molecule has 2 rings (SSSR count). The molecule has 0 saturated carbocycles. The summed E-state index contributed by atoms with van der Waals surface area (Å²) < 4.78 is 0. The summed E-state index contributed by atoms with van der Waals surface area (Å²) in [6, 6.07) is 2.82. The molecule has 0 bridgehead atoms. The van der Waals surface area contributed by atoms with Crippen LogP contribution in [0.3, 0.4) is 0 Å². The van der Waals surface area contributed by atoms with Crippen molar-refractivity contribution in [2.24, 2.45) is 0 Å². The molecular weight excluding hydrogens is 214 g/mol. The average molecular weight is 223 g/mol. The van der Waals surface area contributed by atoms with Crippen LogP contribution < -0.4 is 5.32 Å². The number of fused-ring (bicyclic) bond motifs is 1. The fourth-order valence-electron chi connectivity index (χ4n) is 1.91. The summed E-state index contributed by atoms with van der Waals surface area (Å²) >= 11 is 0. The van der Waals surface area contributed by atoms with Crippen molar-refractivity contribution in [2.75, 3.05) is 5.32 Å². The summed E-state index contributed by atoms with van der Waals surface area (Å²) in [6.45, 7) is 1.87. The maximum absolute atomic E-state index is 10.9. The number of nitro benzene ring substituents is 2. The van der Waals surface area contributed by atoms with E-state index in [4.69, 9.17) is 0 Å². The Hall–Kier alpha value is -2.18. The lowest BCUT2D eigenvalue weighted by Crippen LogP contribution is -2.09. The molecule has 0 amide bonds. The first-order valence-corrected chi connectivity index (χ1v) is 4.72. The van der Waals surface area contributed by atoms with Crippen LogP contribution in [0, 0.1) is 20.2 Å². The van der Waals surface area contributed by atoms with Crippen LogP contribution >= 0.6 is 0 Å². The highest BCUT2D eigenvalue weighted by atomic mass is 16.6. The van der Waals surface area contributed by atoms with E-state index in [9.17, 15) is 20.2 Å². The van der Waals surface area contributed by atoms with Gasteiger partial charge in [-0.15, -0.1) is 0 Å². The number of nitro groups is 2. The normalized spacial score (nSPS) is 17.7. The van der Waals surface area contributed by atoms with Crippen LogP contribution in [0.15, 0.2) is 12.1 Å². The highest BCUT2D eigenvalue weighted by molar-refractivity contribution is 5.77. The molecule has 1 aliphatic heterocycles. The fraction of sp³-hybridized carbons (Fsp3) is 0.333. The zero-order valence-corrected chi connectivity index (χ0v) is 8.47. The molecule has 1 N–H and O–H groups in total. The summed E-state index contributed by atoms with van der Waals surface area (Å²) in [5.74, 6) is 0. The molecular formula is C9H9N3O4. The Labute approximate surface area is 90.4 Å². The van der Waals surface area contributed by atoms with Gasteiger partial charge in [-0.1, -0.05) is 0 Å². The third-order valence-electron chi connectivity index (χ3n) is 2.54. The lowest BCUT2D eigenvalue weighted by Gasteiger charge is -2.03. The molecule has 1 aliphatic rings. The molecule has 7 heteroatoms. The molecule has 1 aromatic carbocycles. The highest BCUT2D eigenvalue weighted by Gasteiger charge is 2.34. The minimum Gasteiger partial charge on any atom is -0.376 e. The van der Waals surface area contributed by atoms with Crippen molar-refractivity contribution in [1.29, 1.82) is 0 Å². The topological polar surface area (TPSA) is 98.3 Å². The van der Waals surface area contributed by atoms with Crippen LogP contribution in [0.4, 0.5) is 17.1 Å². The van der Waals surface area contributed by atoms with Crippen molar-refractivity contribution in [1.82, 2.24) is 0 Å². The maximum atomic E-state index is 10.9. The van der Waals surface area contributed by atoms with Gasteiger partial charge in [-0.2, -0.15) is 0 Å². The number of hydrogen-bond acceptors (Lipinski definition) is 5. The largest absolute Gasteiger partial charge is 0.376 e. The molecule has 1 unspecified atom stereocenters. The number of anilines is 1. The molecule has 0 aliphatic carbocycles. The minimum absolute atomic E-state index is 0.0655. The van der Waals surface area contributed by atoms with Gasteiger partial charge in [-0.3, -0.25) is 20.2 Å². The minimum atomic E-state index is -0.733. The zero-order valence-electron chi connectivity index (χ0n) is 8.47. The first kappa shape index (κ1) is 10.3. The van der Waals surface area contributed by atoms with Gasteiger partial charge >= 0.3 is 11.4 Å². The van der Waals surface area contributed by atoms with Gasteiger partial charge in [0.2, 0.25) is 0 Å². The van der Waals surface area contributed by atoms with Crippen molar-refractivity contribution in [3.63, 3.8) is 0 Å². The molecule has 0 saturated heterocycles. The SMILES string of the molecule is CC1Cc2ccc([N+](=O)[O-])c([N+](=O)[O-])c2N1. The number of hydrogen-bond donors (Lipinski definition) is 1. The lowest BCUT2D eigenvalue weighted by atomic mass is 10.1. The Kier molecular flexibility index (Phi) is 2.22. The van der Waals surface area contributed by atoms with E-state index in [0.29, 0.717) is 6.42 Å². The summed E-state index contributed by atoms with van der Waals surface area (Å²) in [5, 5.41) is 24.4. The second-order valence-electron chi connectivity index (χ2n) is 3.73. The van der Waals surface area contributed by atoms with Crippen molar-refractivity contribution in [2.45, 2.75) is 19.4 Å². The first-order valence-electron chi connectivity index (χ1n) is 4.72. The van der Waals surface area contributed by atoms with Crippen LogP contribution in [-0.2, 0) is 6.42 Å². The molecule has 1 atom stereocenters. The van der Waals surface area contributed by atoms with E-state index in [1.54, 1.807) is 6.07 Å². The van der Waals surface area contributed by atoms with Crippen molar-refractivity contribution >= 4 is 17.1 Å². The Morgan fingerprint density at radius 2 is 2.00 bits per heavy atom. The second kappa shape index (κ2) is 3.44. The standard InChI is InChI=1S/C9H9N3O4/c1-5-4-6-2-3-7(11(13)14)9(12(15)16)8(6)10-5/h2-3,5,10H,4H2,1H3. The molecule has 84 valence electrons. The number of nitrogens with zero attached hydrogens (tertiary/aromatic N) is 2.